The number of ether oxygens (including phenoxy) is 1. The zero-order valence-corrected chi connectivity index (χ0v) is 14.7. The maximum atomic E-state index is 12.2. The van der Waals surface area contributed by atoms with E-state index in [0.29, 0.717) is 12.1 Å². The van der Waals surface area contributed by atoms with Gasteiger partial charge in [-0.2, -0.15) is 0 Å². The van der Waals surface area contributed by atoms with Gasteiger partial charge in [-0.3, -0.25) is 0 Å². The van der Waals surface area contributed by atoms with Gasteiger partial charge in [-0.25, -0.2) is 4.79 Å². The second kappa shape index (κ2) is 8.19. The molecule has 0 radical (unpaired) electrons. The number of hydrogen-bond acceptors (Lipinski definition) is 3. The number of nitrogens with one attached hydrogen (secondary N) is 1. The zero-order chi connectivity index (χ0) is 16.0. The predicted molar refractivity (Wildman–Crippen MR) is 90.1 cm³/mol. The van der Waals surface area contributed by atoms with Crippen molar-refractivity contribution in [1.82, 2.24) is 10.2 Å². The van der Waals surface area contributed by atoms with Gasteiger partial charge in [0.15, 0.2) is 0 Å². The molecule has 0 bridgehead atoms. The molecule has 1 N–H and O–H groups in total. The van der Waals surface area contributed by atoms with Crippen molar-refractivity contribution < 1.29 is 9.53 Å². The summed E-state index contributed by atoms with van der Waals surface area (Å²) in [4.78, 5) is 14.1. The lowest BCUT2D eigenvalue weighted by Crippen LogP contribution is -2.40. The minimum absolute atomic E-state index is 0.150. The third-order valence-corrected chi connectivity index (χ3v) is 4.71. The van der Waals surface area contributed by atoms with Gasteiger partial charge in [-0.1, -0.05) is 25.7 Å². The van der Waals surface area contributed by atoms with Gasteiger partial charge in [0.2, 0.25) is 0 Å². The van der Waals surface area contributed by atoms with Crippen molar-refractivity contribution >= 4 is 6.09 Å². The number of nitrogens with zero attached hydrogens (tertiary/aromatic N) is 1. The molecule has 1 aliphatic carbocycles. The van der Waals surface area contributed by atoms with Crippen LogP contribution in [0.2, 0.25) is 0 Å². The average Bonchev–Trinajstić information content (AvgIpc) is 2.80. The highest BCUT2D eigenvalue weighted by molar-refractivity contribution is 5.68. The van der Waals surface area contributed by atoms with E-state index in [2.05, 4.69) is 5.32 Å². The summed E-state index contributed by atoms with van der Waals surface area (Å²) in [5.41, 5.74) is -0.401. The predicted octanol–water partition coefficient (Wildman–Crippen LogP) is 4.09. The van der Waals surface area contributed by atoms with Gasteiger partial charge in [0.25, 0.3) is 0 Å². The van der Waals surface area contributed by atoms with Crippen molar-refractivity contribution in [3.63, 3.8) is 0 Å². The van der Waals surface area contributed by atoms with E-state index in [-0.39, 0.29) is 6.09 Å². The van der Waals surface area contributed by atoms with Gasteiger partial charge in [0.05, 0.1) is 0 Å². The molecule has 1 aliphatic heterocycles. The second-order valence-corrected chi connectivity index (χ2v) is 7.95. The third-order valence-electron chi connectivity index (χ3n) is 4.71. The van der Waals surface area contributed by atoms with Gasteiger partial charge >= 0.3 is 6.09 Å². The third kappa shape index (κ3) is 6.15. The Morgan fingerprint density at radius 1 is 0.909 bits per heavy atom. The van der Waals surface area contributed by atoms with Crippen LogP contribution in [-0.2, 0) is 4.74 Å². The highest BCUT2D eigenvalue weighted by Gasteiger charge is 2.26. The maximum Gasteiger partial charge on any atom is 0.410 e. The zero-order valence-electron chi connectivity index (χ0n) is 14.7. The van der Waals surface area contributed by atoms with Crippen molar-refractivity contribution in [2.75, 3.05) is 13.1 Å². The largest absolute Gasteiger partial charge is 0.444 e. The average molecular weight is 310 g/mol. The standard InChI is InChI=1S/C18H34N2O2/c1-18(2,3)22-17(21)20-13-8-11-16(12-14-20)19-15-9-6-4-5-7-10-15/h15-16,19H,4-14H2,1-3H3. The Morgan fingerprint density at radius 3 is 2.14 bits per heavy atom. The molecule has 1 amide bonds. The van der Waals surface area contributed by atoms with E-state index in [1.165, 1.54) is 44.9 Å². The fourth-order valence-corrected chi connectivity index (χ4v) is 3.55. The Balaban J connectivity index is 1.78. The number of rotatable bonds is 2. The molecule has 2 fully saturated rings. The fourth-order valence-electron chi connectivity index (χ4n) is 3.55. The quantitative estimate of drug-likeness (QED) is 0.781. The minimum Gasteiger partial charge on any atom is -0.444 e. The molecule has 128 valence electrons. The van der Waals surface area contributed by atoms with Gasteiger partial charge in [0, 0.05) is 25.2 Å². The number of carbonyl (C=O) groups is 1. The lowest BCUT2D eigenvalue weighted by Gasteiger charge is -2.27. The molecule has 4 nitrogen and oxygen atoms in total. The van der Waals surface area contributed by atoms with Crippen molar-refractivity contribution in [2.24, 2.45) is 0 Å². The van der Waals surface area contributed by atoms with Crippen LogP contribution in [0, 0.1) is 0 Å². The molecule has 22 heavy (non-hydrogen) atoms. The Labute approximate surface area is 136 Å². The molecule has 4 heteroatoms. The van der Waals surface area contributed by atoms with Crippen LogP contribution in [-0.4, -0.2) is 41.8 Å². The molecule has 1 saturated carbocycles. The summed E-state index contributed by atoms with van der Waals surface area (Å²) in [6.07, 6.45) is 11.3. The molecule has 0 aromatic carbocycles. The molecule has 0 aromatic rings. The Kier molecular flexibility index (Phi) is 6.54. The maximum absolute atomic E-state index is 12.2. The molecule has 1 heterocycles. The molecule has 1 atom stereocenters. The first-order valence-electron chi connectivity index (χ1n) is 9.18. The van der Waals surface area contributed by atoms with Crippen molar-refractivity contribution in [2.45, 2.75) is 96.2 Å². The van der Waals surface area contributed by atoms with E-state index >= 15 is 0 Å². The second-order valence-electron chi connectivity index (χ2n) is 7.95. The van der Waals surface area contributed by atoms with E-state index in [4.69, 9.17) is 4.74 Å². The Hall–Kier alpha value is -0.770. The summed E-state index contributed by atoms with van der Waals surface area (Å²) in [6, 6.07) is 1.26. The van der Waals surface area contributed by atoms with E-state index in [0.717, 1.165) is 25.9 Å². The molecule has 1 saturated heterocycles. The van der Waals surface area contributed by atoms with Gasteiger partial charge in [-0.05, 0) is 52.9 Å². The lowest BCUT2D eigenvalue weighted by molar-refractivity contribution is 0.0256. The van der Waals surface area contributed by atoms with Crippen LogP contribution >= 0.6 is 0 Å². The fraction of sp³-hybridized carbons (Fsp3) is 0.944. The van der Waals surface area contributed by atoms with E-state index in [9.17, 15) is 4.79 Å². The van der Waals surface area contributed by atoms with Gasteiger partial charge < -0.3 is 15.0 Å². The lowest BCUT2D eigenvalue weighted by atomic mass is 10.0. The summed E-state index contributed by atoms with van der Waals surface area (Å²) in [5.74, 6) is 0. The van der Waals surface area contributed by atoms with Crippen molar-refractivity contribution in [3.8, 4) is 0 Å². The molecule has 0 aromatic heterocycles. The SMILES string of the molecule is CC(C)(C)OC(=O)N1CCCC(NC2CCCCCC2)CC1. The van der Waals surface area contributed by atoms with E-state index < -0.39 is 5.60 Å². The van der Waals surface area contributed by atoms with Crippen LogP contribution in [0.4, 0.5) is 4.79 Å². The smallest absolute Gasteiger partial charge is 0.410 e. The minimum atomic E-state index is -0.401. The van der Waals surface area contributed by atoms with E-state index in [1.54, 1.807) is 0 Å². The Morgan fingerprint density at radius 2 is 1.50 bits per heavy atom. The first-order valence-corrected chi connectivity index (χ1v) is 9.18. The van der Waals surface area contributed by atoms with Crippen molar-refractivity contribution in [3.05, 3.63) is 0 Å². The summed E-state index contributed by atoms with van der Waals surface area (Å²) >= 11 is 0. The highest BCUT2D eigenvalue weighted by atomic mass is 16.6. The Bertz CT molecular complexity index is 343. The molecule has 1 unspecified atom stereocenters. The summed E-state index contributed by atoms with van der Waals surface area (Å²) in [7, 11) is 0. The van der Waals surface area contributed by atoms with Gasteiger partial charge in [0.1, 0.15) is 5.60 Å². The molecule has 2 rings (SSSR count). The van der Waals surface area contributed by atoms with Crippen LogP contribution in [0.15, 0.2) is 0 Å². The first-order chi connectivity index (χ1) is 10.4. The normalized spacial score (nSPS) is 25.4. The molecular weight excluding hydrogens is 276 g/mol. The number of likely N-dealkylation sites (tertiary alicyclic amines) is 1. The first kappa shape index (κ1) is 17.6. The molecule has 2 aliphatic rings. The van der Waals surface area contributed by atoms with E-state index in [1.807, 2.05) is 25.7 Å². The summed E-state index contributed by atoms with van der Waals surface area (Å²) in [6.45, 7) is 7.44. The van der Waals surface area contributed by atoms with Crippen LogP contribution < -0.4 is 5.32 Å². The highest BCUT2D eigenvalue weighted by Crippen LogP contribution is 2.20. The number of carbonyl (C=O) groups excluding carboxylic acids is 1. The molecular formula is C18H34N2O2. The van der Waals surface area contributed by atoms with Gasteiger partial charge in [-0.15, -0.1) is 0 Å². The summed E-state index contributed by atoms with van der Waals surface area (Å²) in [5, 5.41) is 3.87. The monoisotopic (exact) mass is 310 g/mol. The number of hydrogen-bond donors (Lipinski definition) is 1. The van der Waals surface area contributed by atoms with Crippen LogP contribution in [0.25, 0.3) is 0 Å². The summed E-state index contributed by atoms with van der Waals surface area (Å²) < 4.78 is 5.50. The van der Waals surface area contributed by atoms with Crippen LogP contribution in [0.3, 0.4) is 0 Å². The van der Waals surface area contributed by atoms with Crippen LogP contribution in [0.1, 0.15) is 78.6 Å². The topological polar surface area (TPSA) is 41.6 Å². The van der Waals surface area contributed by atoms with Crippen LogP contribution in [0.5, 0.6) is 0 Å². The van der Waals surface area contributed by atoms with Crippen molar-refractivity contribution in [1.29, 1.82) is 0 Å². The molecule has 0 spiro atoms. The number of amides is 1.